The van der Waals surface area contributed by atoms with Crippen LogP contribution >= 0.6 is 0 Å². The average molecular weight is 447 g/mol. The van der Waals surface area contributed by atoms with Gasteiger partial charge in [-0.05, 0) is 58.8 Å². The van der Waals surface area contributed by atoms with Gasteiger partial charge in [0.25, 0.3) is 0 Å². The van der Waals surface area contributed by atoms with Gasteiger partial charge in [0.1, 0.15) is 5.52 Å². The largest absolute Gasteiger partial charge is 0.437 e. The maximum atomic E-state index is 5.80. The summed E-state index contributed by atoms with van der Waals surface area (Å²) in [6.07, 6.45) is 7.72. The Labute approximate surface area is 195 Å². The first-order valence-corrected chi connectivity index (χ1v) is 11.2. The third-order valence-corrected chi connectivity index (χ3v) is 5.91. The molecule has 3 aromatic heterocycles. The molecule has 1 N–H and O–H groups in total. The van der Waals surface area contributed by atoms with Crippen molar-refractivity contribution < 1.29 is 4.42 Å². The van der Waals surface area contributed by atoms with Crippen LogP contribution in [0.5, 0.6) is 0 Å². The van der Waals surface area contributed by atoms with Gasteiger partial charge in [-0.3, -0.25) is 0 Å². The highest BCUT2D eigenvalue weighted by Crippen LogP contribution is 2.23. The molecule has 6 aromatic rings. The Morgan fingerprint density at radius 2 is 1.85 bits per heavy atom. The summed E-state index contributed by atoms with van der Waals surface area (Å²) in [5.74, 6) is 1.34. The van der Waals surface area contributed by atoms with E-state index in [4.69, 9.17) is 4.42 Å². The van der Waals surface area contributed by atoms with E-state index < -0.39 is 0 Å². The van der Waals surface area contributed by atoms with Gasteiger partial charge in [0.2, 0.25) is 5.89 Å². The molecule has 7 nitrogen and oxygen atoms in total. The number of nitrogens with zero attached hydrogens (tertiary/aromatic N) is 5. The van der Waals surface area contributed by atoms with Crippen molar-refractivity contribution in [2.45, 2.75) is 19.4 Å². The number of fused-ring (bicyclic) bond motifs is 2. The molecule has 6 rings (SSSR count). The first kappa shape index (κ1) is 20.1. The maximum absolute atomic E-state index is 5.80. The summed E-state index contributed by atoms with van der Waals surface area (Å²) in [5, 5.41) is 15.6. The molecule has 166 valence electrons. The molecule has 0 aliphatic carbocycles. The average Bonchev–Trinajstić information content (AvgIpc) is 3.62. The van der Waals surface area contributed by atoms with Gasteiger partial charge < -0.3 is 8.98 Å². The van der Waals surface area contributed by atoms with E-state index in [1.807, 2.05) is 36.4 Å². The zero-order chi connectivity index (χ0) is 22.7. The van der Waals surface area contributed by atoms with E-state index in [-0.39, 0.29) is 0 Å². The lowest BCUT2D eigenvalue weighted by molar-refractivity contribution is 0.589. The quantitative estimate of drug-likeness (QED) is 0.360. The van der Waals surface area contributed by atoms with Crippen LogP contribution in [0.2, 0.25) is 0 Å². The van der Waals surface area contributed by atoms with Crippen LogP contribution in [0.4, 0.5) is 0 Å². The van der Waals surface area contributed by atoms with Gasteiger partial charge in [-0.2, -0.15) is 5.21 Å². The van der Waals surface area contributed by atoms with E-state index in [1.165, 1.54) is 22.0 Å². The van der Waals surface area contributed by atoms with Gasteiger partial charge in [0.05, 0.1) is 5.52 Å². The predicted molar refractivity (Wildman–Crippen MR) is 132 cm³/mol. The number of rotatable bonds is 7. The van der Waals surface area contributed by atoms with Crippen LogP contribution in [0.3, 0.4) is 0 Å². The molecule has 0 aliphatic rings. The van der Waals surface area contributed by atoms with E-state index in [9.17, 15) is 0 Å². The molecule has 0 fully saturated rings. The molecule has 0 amide bonds. The number of oxazole rings is 1. The van der Waals surface area contributed by atoms with Crippen molar-refractivity contribution in [3.05, 3.63) is 107 Å². The van der Waals surface area contributed by atoms with Crippen molar-refractivity contribution in [1.29, 1.82) is 0 Å². The minimum Gasteiger partial charge on any atom is -0.437 e. The van der Waals surface area contributed by atoms with Crippen LogP contribution in [0, 0.1) is 0 Å². The summed E-state index contributed by atoms with van der Waals surface area (Å²) in [6, 6.07) is 24.9. The van der Waals surface area contributed by atoms with Crippen molar-refractivity contribution in [2.24, 2.45) is 0 Å². The lowest BCUT2D eigenvalue weighted by Crippen LogP contribution is -2.02. The fourth-order valence-electron chi connectivity index (χ4n) is 4.33. The molecule has 0 radical (unpaired) electrons. The van der Waals surface area contributed by atoms with Crippen LogP contribution in [-0.4, -0.2) is 30.2 Å². The van der Waals surface area contributed by atoms with Crippen molar-refractivity contribution in [1.82, 2.24) is 30.2 Å². The van der Waals surface area contributed by atoms with Gasteiger partial charge in [-0.15, -0.1) is 10.2 Å². The number of tetrazole rings is 1. The normalized spacial score (nSPS) is 11.8. The molecule has 0 bridgehead atoms. The second-order valence-electron chi connectivity index (χ2n) is 8.22. The minimum atomic E-state index is 0.606. The fraction of sp³-hybridized carbons (Fsp3) is 0.111. The van der Waals surface area contributed by atoms with Gasteiger partial charge in [0.15, 0.2) is 11.4 Å². The summed E-state index contributed by atoms with van der Waals surface area (Å²) in [5.41, 5.74) is 6.52. The summed E-state index contributed by atoms with van der Waals surface area (Å²) < 4.78 is 8.11. The first-order chi connectivity index (χ1) is 16.8. The summed E-state index contributed by atoms with van der Waals surface area (Å²) in [7, 11) is 0. The third kappa shape index (κ3) is 4.11. The first-order valence-electron chi connectivity index (χ1n) is 11.2. The monoisotopic (exact) mass is 446 g/mol. The van der Waals surface area contributed by atoms with Gasteiger partial charge in [0, 0.05) is 25.2 Å². The molecule has 0 atom stereocenters. The highest BCUT2D eigenvalue weighted by molar-refractivity contribution is 5.83. The number of aromatic amines is 1. The van der Waals surface area contributed by atoms with Gasteiger partial charge in [-0.25, -0.2) is 4.98 Å². The molecular weight excluding hydrogens is 424 g/mol. The van der Waals surface area contributed by atoms with Gasteiger partial charge in [-0.1, -0.05) is 53.7 Å². The number of H-pyrrole nitrogens is 1. The molecule has 3 aromatic carbocycles. The van der Waals surface area contributed by atoms with Gasteiger partial charge >= 0.3 is 0 Å². The second-order valence-corrected chi connectivity index (χ2v) is 8.22. The van der Waals surface area contributed by atoms with Crippen molar-refractivity contribution in [3.8, 4) is 0 Å². The Kier molecular flexibility index (Phi) is 5.20. The van der Waals surface area contributed by atoms with Crippen LogP contribution in [0.25, 0.3) is 34.2 Å². The number of aromatic nitrogens is 6. The highest BCUT2D eigenvalue weighted by Gasteiger charge is 2.09. The number of aryl methyl sites for hydroxylation is 2. The number of hydrogen-bond donors (Lipinski definition) is 1. The lowest BCUT2D eigenvalue weighted by atomic mass is 10.1. The van der Waals surface area contributed by atoms with E-state index >= 15 is 0 Å². The molecule has 0 saturated carbocycles. The van der Waals surface area contributed by atoms with E-state index in [1.54, 1.807) is 0 Å². The number of nitrogens with one attached hydrogen (secondary N) is 1. The Balaban J connectivity index is 1.24. The standard InChI is InChI=1S/C27H22N6O/c1-2-10-24-23(9-1)28-26(34-24)14-11-19-5-3-6-20(17-19)18-33-16-15-22-8-4-7-21(27(22)33)12-13-25-29-31-32-30-25/h1-11,14-17H,12-13,18H2,(H,29,30,31,32). The maximum Gasteiger partial charge on any atom is 0.220 e. The minimum absolute atomic E-state index is 0.606. The van der Waals surface area contributed by atoms with Crippen molar-refractivity contribution >= 4 is 34.2 Å². The van der Waals surface area contributed by atoms with Crippen molar-refractivity contribution in [2.75, 3.05) is 0 Å². The van der Waals surface area contributed by atoms with Crippen LogP contribution in [-0.2, 0) is 19.4 Å². The number of hydrogen-bond acceptors (Lipinski definition) is 5. The Hall–Kier alpha value is -4.52. The Morgan fingerprint density at radius 3 is 2.76 bits per heavy atom. The molecule has 0 aliphatic heterocycles. The van der Waals surface area contributed by atoms with E-state index in [0.29, 0.717) is 5.89 Å². The number of benzene rings is 3. The Bertz CT molecular complexity index is 1560. The fourth-order valence-corrected chi connectivity index (χ4v) is 4.33. The summed E-state index contributed by atoms with van der Waals surface area (Å²) >= 11 is 0. The number of para-hydroxylation sites is 3. The SMILES string of the molecule is C(=Cc1nc2ccccc2o1)c1cccc(Cn2ccc3cccc(CCc4nn[nH]n4)c32)c1. The van der Waals surface area contributed by atoms with E-state index in [0.717, 1.165) is 41.9 Å². The van der Waals surface area contributed by atoms with Crippen LogP contribution < -0.4 is 0 Å². The van der Waals surface area contributed by atoms with Crippen LogP contribution in [0.15, 0.2) is 83.4 Å². The van der Waals surface area contributed by atoms with E-state index in [2.05, 4.69) is 84.9 Å². The summed E-state index contributed by atoms with van der Waals surface area (Å²) in [6.45, 7) is 0.785. The topological polar surface area (TPSA) is 85.4 Å². The zero-order valence-corrected chi connectivity index (χ0v) is 18.4. The molecule has 34 heavy (non-hydrogen) atoms. The summed E-state index contributed by atoms with van der Waals surface area (Å²) in [4.78, 5) is 4.52. The molecule has 7 heteroatoms. The van der Waals surface area contributed by atoms with Crippen LogP contribution in [0.1, 0.15) is 28.4 Å². The lowest BCUT2D eigenvalue weighted by Gasteiger charge is -2.10. The molecule has 3 heterocycles. The second kappa shape index (κ2) is 8.78. The Morgan fingerprint density at radius 1 is 0.912 bits per heavy atom. The molecule has 0 spiro atoms. The molecule has 0 unspecified atom stereocenters. The van der Waals surface area contributed by atoms with Crippen molar-refractivity contribution in [3.63, 3.8) is 0 Å². The predicted octanol–water partition coefficient (Wildman–Crippen LogP) is 5.30. The molecule has 0 saturated heterocycles. The molecular formula is C27H22N6O. The highest BCUT2D eigenvalue weighted by atomic mass is 16.3. The third-order valence-electron chi connectivity index (χ3n) is 5.91. The smallest absolute Gasteiger partial charge is 0.220 e. The zero-order valence-electron chi connectivity index (χ0n) is 18.4.